The lowest BCUT2D eigenvalue weighted by atomic mass is 9.91. The van der Waals surface area contributed by atoms with Gasteiger partial charge in [-0.05, 0) is 43.0 Å². The van der Waals surface area contributed by atoms with Crippen molar-refractivity contribution in [2.24, 2.45) is 0 Å². The van der Waals surface area contributed by atoms with Crippen LogP contribution in [0.3, 0.4) is 0 Å². The lowest BCUT2D eigenvalue weighted by Crippen LogP contribution is -2.41. The van der Waals surface area contributed by atoms with E-state index in [0.717, 1.165) is 36.8 Å². The Morgan fingerprint density at radius 1 is 1.20 bits per heavy atom. The molecule has 3 aliphatic rings. The average Bonchev–Trinajstić information content (AvgIpc) is 3.37. The molecular weight excluding hydrogens is 317 g/mol. The second-order valence-electron chi connectivity index (χ2n) is 7.87. The summed E-state index contributed by atoms with van der Waals surface area (Å²) in [5, 5.41) is 1.09. The van der Waals surface area contributed by atoms with Gasteiger partial charge in [0.15, 0.2) is 0 Å². The topological polar surface area (TPSA) is 39.3 Å². The fourth-order valence-corrected chi connectivity index (χ4v) is 5.64. The molecule has 5 rings (SSSR count). The Bertz CT molecular complexity index is 797. The molecule has 1 N–H and O–H groups in total. The second-order valence-corrected chi connectivity index (χ2v) is 7.87. The van der Waals surface area contributed by atoms with E-state index in [2.05, 4.69) is 9.88 Å². The monoisotopic (exact) mass is 341 g/mol. The smallest absolute Gasteiger partial charge is 0.210 e. The minimum Gasteiger partial charge on any atom is -0.361 e. The van der Waals surface area contributed by atoms with Gasteiger partial charge in [0.2, 0.25) is 6.41 Å². The van der Waals surface area contributed by atoms with Crippen LogP contribution >= 0.6 is 0 Å². The molecule has 1 amide bonds. The van der Waals surface area contributed by atoms with Crippen LogP contribution in [0.15, 0.2) is 24.4 Å². The zero-order valence-corrected chi connectivity index (χ0v) is 14.3. The van der Waals surface area contributed by atoms with Crippen LogP contribution < -0.4 is 0 Å². The van der Waals surface area contributed by atoms with E-state index >= 15 is 0 Å². The van der Waals surface area contributed by atoms with Gasteiger partial charge in [0.25, 0.3) is 0 Å². The van der Waals surface area contributed by atoms with Crippen LogP contribution in [-0.2, 0) is 4.79 Å². The molecule has 2 aliphatic heterocycles. The first-order valence-electron chi connectivity index (χ1n) is 9.49. The molecule has 5 heteroatoms. The molecule has 4 nitrogen and oxygen atoms in total. The van der Waals surface area contributed by atoms with Gasteiger partial charge < -0.3 is 9.88 Å². The van der Waals surface area contributed by atoms with Crippen molar-refractivity contribution in [2.75, 3.05) is 13.1 Å². The summed E-state index contributed by atoms with van der Waals surface area (Å²) in [5.74, 6) is 0.0886. The Morgan fingerprint density at radius 2 is 2.04 bits per heavy atom. The predicted octanol–water partition coefficient (Wildman–Crippen LogP) is 3.25. The van der Waals surface area contributed by atoms with E-state index in [4.69, 9.17) is 0 Å². The quantitative estimate of drug-likeness (QED) is 0.871. The van der Waals surface area contributed by atoms with Crippen LogP contribution in [0.1, 0.15) is 43.6 Å². The zero-order valence-electron chi connectivity index (χ0n) is 14.3. The molecule has 2 saturated heterocycles. The fourth-order valence-electron chi connectivity index (χ4n) is 5.64. The number of fused-ring (bicyclic) bond motifs is 2. The Balaban J connectivity index is 1.55. The molecule has 0 radical (unpaired) electrons. The van der Waals surface area contributed by atoms with Crippen LogP contribution in [0.25, 0.3) is 10.9 Å². The van der Waals surface area contributed by atoms with Gasteiger partial charge in [-0.25, -0.2) is 4.39 Å². The molecule has 3 atom stereocenters. The third kappa shape index (κ3) is 2.32. The first-order valence-corrected chi connectivity index (χ1v) is 9.49. The Hall–Kier alpha value is -1.88. The van der Waals surface area contributed by atoms with Crippen molar-refractivity contribution in [1.82, 2.24) is 14.8 Å². The number of aromatic nitrogens is 1. The number of benzene rings is 1. The summed E-state index contributed by atoms with van der Waals surface area (Å²) in [6, 6.07) is 6.38. The molecule has 1 saturated carbocycles. The van der Waals surface area contributed by atoms with Gasteiger partial charge in [0.05, 0.1) is 6.04 Å². The van der Waals surface area contributed by atoms with E-state index < -0.39 is 0 Å². The molecule has 132 valence electrons. The first kappa shape index (κ1) is 15.4. The van der Waals surface area contributed by atoms with Crippen molar-refractivity contribution in [3.05, 3.63) is 35.8 Å². The minimum absolute atomic E-state index is 0.215. The van der Waals surface area contributed by atoms with Gasteiger partial charge in [-0.2, -0.15) is 0 Å². The van der Waals surface area contributed by atoms with Crippen molar-refractivity contribution in [3.8, 4) is 0 Å². The highest BCUT2D eigenvalue weighted by atomic mass is 19.1. The van der Waals surface area contributed by atoms with Crippen LogP contribution in [0, 0.1) is 5.82 Å². The predicted molar refractivity (Wildman–Crippen MR) is 94.9 cm³/mol. The summed E-state index contributed by atoms with van der Waals surface area (Å²) in [6.45, 7) is 1.87. The van der Waals surface area contributed by atoms with Gasteiger partial charge >= 0.3 is 0 Å². The highest BCUT2D eigenvalue weighted by Gasteiger charge is 2.51. The number of carbonyl (C=O) groups excluding carboxylic acids is 1. The van der Waals surface area contributed by atoms with Gasteiger partial charge in [0, 0.05) is 48.2 Å². The van der Waals surface area contributed by atoms with E-state index in [9.17, 15) is 9.18 Å². The molecule has 25 heavy (non-hydrogen) atoms. The van der Waals surface area contributed by atoms with E-state index in [1.54, 1.807) is 6.07 Å². The Kier molecular flexibility index (Phi) is 3.59. The standard InChI is InChI=1S/C20H24FN3O/c21-13-5-6-15-16(10-22-18(15)9-13)17-11-24(14-3-1-2-4-14)19-7-8-23(12-25)20(17)19/h5-6,9-10,12,14,17,19-20,22H,1-4,7-8,11H2. The van der Waals surface area contributed by atoms with Crippen LogP contribution in [-0.4, -0.2) is 52.4 Å². The summed E-state index contributed by atoms with van der Waals surface area (Å²) in [5.41, 5.74) is 2.08. The number of likely N-dealkylation sites (tertiary alicyclic amines) is 2. The Labute approximate surface area is 147 Å². The highest BCUT2D eigenvalue weighted by molar-refractivity contribution is 5.84. The maximum absolute atomic E-state index is 13.5. The lowest BCUT2D eigenvalue weighted by Gasteiger charge is -2.29. The van der Waals surface area contributed by atoms with Gasteiger partial charge in [-0.15, -0.1) is 0 Å². The van der Waals surface area contributed by atoms with Crippen molar-refractivity contribution >= 4 is 17.3 Å². The molecule has 1 aromatic heterocycles. The van der Waals surface area contributed by atoms with Crippen molar-refractivity contribution in [2.45, 2.75) is 56.1 Å². The number of nitrogens with zero attached hydrogens (tertiary/aromatic N) is 2. The fraction of sp³-hybridized carbons (Fsp3) is 0.550. The van der Waals surface area contributed by atoms with E-state index in [0.29, 0.717) is 18.0 Å². The maximum Gasteiger partial charge on any atom is 0.210 e. The third-order valence-corrected chi connectivity index (χ3v) is 6.71. The highest BCUT2D eigenvalue weighted by Crippen LogP contribution is 2.45. The molecule has 0 bridgehead atoms. The summed E-state index contributed by atoms with van der Waals surface area (Å²) in [7, 11) is 0. The number of aromatic amines is 1. The number of carbonyl (C=O) groups is 1. The van der Waals surface area contributed by atoms with Gasteiger partial charge in [-0.3, -0.25) is 9.69 Å². The molecule has 3 unspecified atom stereocenters. The van der Waals surface area contributed by atoms with Gasteiger partial charge in [0.1, 0.15) is 5.82 Å². The van der Waals surface area contributed by atoms with E-state index in [-0.39, 0.29) is 11.9 Å². The van der Waals surface area contributed by atoms with Crippen LogP contribution in [0.2, 0.25) is 0 Å². The molecule has 3 fully saturated rings. The molecular formula is C20H24FN3O. The SMILES string of the molecule is O=CN1CCC2C1C(c1c[nH]c3cc(F)ccc13)CN2C1CCCC1. The summed E-state index contributed by atoms with van der Waals surface area (Å²) in [6.07, 6.45) is 9.37. The summed E-state index contributed by atoms with van der Waals surface area (Å²) >= 11 is 0. The Morgan fingerprint density at radius 3 is 2.84 bits per heavy atom. The molecule has 3 heterocycles. The van der Waals surface area contributed by atoms with Crippen molar-refractivity contribution in [1.29, 1.82) is 0 Å². The zero-order chi connectivity index (χ0) is 17.0. The summed E-state index contributed by atoms with van der Waals surface area (Å²) in [4.78, 5) is 19.6. The number of hydrogen-bond donors (Lipinski definition) is 1. The van der Waals surface area contributed by atoms with Crippen molar-refractivity contribution in [3.63, 3.8) is 0 Å². The number of nitrogens with one attached hydrogen (secondary N) is 1. The number of H-pyrrole nitrogens is 1. The third-order valence-electron chi connectivity index (χ3n) is 6.71. The largest absolute Gasteiger partial charge is 0.361 e. The normalized spacial score (nSPS) is 30.4. The number of rotatable bonds is 3. The van der Waals surface area contributed by atoms with Crippen LogP contribution in [0.4, 0.5) is 4.39 Å². The molecule has 0 spiro atoms. The average molecular weight is 341 g/mol. The molecule has 1 aliphatic carbocycles. The van der Waals surface area contributed by atoms with Crippen molar-refractivity contribution < 1.29 is 9.18 Å². The second kappa shape index (κ2) is 5.84. The number of halogens is 1. The summed E-state index contributed by atoms with van der Waals surface area (Å²) < 4.78 is 13.5. The first-order chi connectivity index (χ1) is 12.3. The number of hydrogen-bond acceptors (Lipinski definition) is 2. The molecule has 1 aromatic carbocycles. The molecule has 2 aromatic rings. The van der Waals surface area contributed by atoms with Gasteiger partial charge in [-0.1, -0.05) is 12.8 Å². The van der Waals surface area contributed by atoms with E-state index in [1.165, 1.54) is 37.3 Å². The lowest BCUT2D eigenvalue weighted by molar-refractivity contribution is -0.119. The minimum atomic E-state index is -0.215. The number of amides is 1. The van der Waals surface area contributed by atoms with Crippen LogP contribution in [0.5, 0.6) is 0 Å². The maximum atomic E-state index is 13.5. The van der Waals surface area contributed by atoms with E-state index in [1.807, 2.05) is 17.2 Å².